The standard InChI is InChI=1S/C12H16N2O3/c1-13(7-9-4-5-9)11(15)8-14-6-2-3-10(14)12(16)17/h2-3,6,9H,4-5,7-8H2,1H3,(H,16,17). The molecule has 1 aliphatic carbocycles. The molecule has 1 aromatic rings. The molecule has 1 saturated carbocycles. The van der Waals surface area contributed by atoms with Crippen LogP contribution in [0, 0.1) is 5.92 Å². The van der Waals surface area contributed by atoms with Crippen LogP contribution in [0.3, 0.4) is 0 Å². The van der Waals surface area contributed by atoms with Gasteiger partial charge in [0.05, 0.1) is 0 Å². The van der Waals surface area contributed by atoms with Crippen molar-refractivity contribution in [1.82, 2.24) is 9.47 Å². The maximum Gasteiger partial charge on any atom is 0.352 e. The SMILES string of the molecule is CN(CC1CC1)C(=O)Cn1cccc1C(=O)O. The molecule has 5 nitrogen and oxygen atoms in total. The van der Waals surface area contributed by atoms with E-state index in [1.807, 2.05) is 0 Å². The molecule has 1 amide bonds. The van der Waals surface area contributed by atoms with Crippen LogP contribution in [0.4, 0.5) is 0 Å². The molecule has 1 heterocycles. The van der Waals surface area contributed by atoms with Gasteiger partial charge < -0.3 is 14.6 Å². The van der Waals surface area contributed by atoms with E-state index in [-0.39, 0.29) is 18.1 Å². The van der Waals surface area contributed by atoms with Crippen LogP contribution < -0.4 is 0 Å². The van der Waals surface area contributed by atoms with Gasteiger partial charge in [-0.2, -0.15) is 0 Å². The summed E-state index contributed by atoms with van der Waals surface area (Å²) < 4.78 is 1.47. The second-order valence-corrected chi connectivity index (χ2v) is 4.54. The lowest BCUT2D eigenvalue weighted by Crippen LogP contribution is -2.32. The highest BCUT2D eigenvalue weighted by Gasteiger charge is 2.25. The second kappa shape index (κ2) is 4.61. The summed E-state index contributed by atoms with van der Waals surface area (Å²) in [6.07, 6.45) is 4.01. The van der Waals surface area contributed by atoms with Crippen LogP contribution in [0.5, 0.6) is 0 Å². The number of aromatic nitrogens is 1. The number of likely N-dealkylation sites (N-methyl/N-ethyl adjacent to an activating group) is 1. The number of hydrogen-bond acceptors (Lipinski definition) is 2. The minimum absolute atomic E-state index is 0.0457. The van der Waals surface area contributed by atoms with E-state index < -0.39 is 5.97 Å². The van der Waals surface area contributed by atoms with Crippen molar-refractivity contribution in [2.75, 3.05) is 13.6 Å². The molecule has 17 heavy (non-hydrogen) atoms. The average molecular weight is 236 g/mol. The summed E-state index contributed by atoms with van der Waals surface area (Å²) in [5, 5.41) is 8.92. The smallest absolute Gasteiger partial charge is 0.352 e. The molecular weight excluding hydrogens is 220 g/mol. The van der Waals surface area contributed by atoms with Crippen molar-refractivity contribution in [2.24, 2.45) is 5.92 Å². The quantitative estimate of drug-likeness (QED) is 0.831. The van der Waals surface area contributed by atoms with Crippen LogP contribution in [-0.4, -0.2) is 40.0 Å². The normalized spacial score (nSPS) is 14.6. The third kappa shape index (κ3) is 2.87. The Morgan fingerprint density at radius 2 is 2.24 bits per heavy atom. The monoisotopic (exact) mass is 236 g/mol. The van der Waals surface area contributed by atoms with E-state index in [4.69, 9.17) is 5.11 Å². The summed E-state index contributed by atoms with van der Waals surface area (Å²) in [5.74, 6) is -0.407. The van der Waals surface area contributed by atoms with Crippen molar-refractivity contribution in [3.05, 3.63) is 24.0 Å². The number of carbonyl (C=O) groups excluding carboxylic acids is 1. The summed E-state index contributed by atoms with van der Waals surface area (Å²) >= 11 is 0. The van der Waals surface area contributed by atoms with E-state index in [2.05, 4.69) is 0 Å². The highest BCUT2D eigenvalue weighted by molar-refractivity contribution is 5.86. The fraction of sp³-hybridized carbons (Fsp3) is 0.500. The van der Waals surface area contributed by atoms with Crippen molar-refractivity contribution >= 4 is 11.9 Å². The van der Waals surface area contributed by atoms with Crippen molar-refractivity contribution in [3.63, 3.8) is 0 Å². The maximum absolute atomic E-state index is 11.9. The Hall–Kier alpha value is -1.78. The molecule has 1 N–H and O–H groups in total. The van der Waals surface area contributed by atoms with Crippen LogP contribution >= 0.6 is 0 Å². The zero-order valence-corrected chi connectivity index (χ0v) is 9.80. The Balaban J connectivity index is 1.96. The van der Waals surface area contributed by atoms with Gasteiger partial charge in [0.1, 0.15) is 12.2 Å². The number of amides is 1. The zero-order valence-electron chi connectivity index (χ0n) is 9.80. The first-order valence-electron chi connectivity index (χ1n) is 5.70. The molecule has 2 rings (SSSR count). The minimum Gasteiger partial charge on any atom is -0.477 e. The summed E-state index contributed by atoms with van der Waals surface area (Å²) in [5.41, 5.74) is 0.151. The van der Waals surface area contributed by atoms with Gasteiger partial charge in [-0.15, -0.1) is 0 Å². The number of carbonyl (C=O) groups is 2. The van der Waals surface area contributed by atoms with Crippen LogP contribution in [0.15, 0.2) is 18.3 Å². The van der Waals surface area contributed by atoms with Gasteiger partial charge in [-0.25, -0.2) is 4.79 Å². The summed E-state index contributed by atoms with van der Waals surface area (Å²) in [6, 6.07) is 3.13. The van der Waals surface area contributed by atoms with Gasteiger partial charge in [0.2, 0.25) is 5.91 Å². The summed E-state index contributed by atoms with van der Waals surface area (Å²) in [4.78, 5) is 24.4. The Morgan fingerprint density at radius 3 is 2.82 bits per heavy atom. The lowest BCUT2D eigenvalue weighted by molar-refractivity contribution is -0.130. The predicted molar refractivity (Wildman–Crippen MR) is 61.8 cm³/mol. The Morgan fingerprint density at radius 1 is 1.53 bits per heavy atom. The Bertz CT molecular complexity index is 435. The van der Waals surface area contributed by atoms with Crippen LogP contribution in [0.25, 0.3) is 0 Å². The molecule has 0 atom stereocenters. The van der Waals surface area contributed by atoms with Crippen molar-refractivity contribution < 1.29 is 14.7 Å². The molecule has 0 aliphatic heterocycles. The van der Waals surface area contributed by atoms with Crippen molar-refractivity contribution in [2.45, 2.75) is 19.4 Å². The molecule has 0 saturated heterocycles. The third-order valence-corrected chi connectivity index (χ3v) is 3.01. The average Bonchev–Trinajstić information content (AvgIpc) is 2.94. The van der Waals surface area contributed by atoms with E-state index >= 15 is 0 Å². The van der Waals surface area contributed by atoms with E-state index in [0.717, 1.165) is 6.54 Å². The van der Waals surface area contributed by atoms with Crippen molar-refractivity contribution in [3.8, 4) is 0 Å². The topological polar surface area (TPSA) is 62.5 Å². The fourth-order valence-corrected chi connectivity index (χ4v) is 1.80. The number of carboxylic acid groups (broad SMARTS) is 1. The van der Waals surface area contributed by atoms with Gasteiger partial charge in [-0.1, -0.05) is 0 Å². The maximum atomic E-state index is 11.9. The first kappa shape index (κ1) is 11.7. The largest absolute Gasteiger partial charge is 0.477 e. The molecule has 92 valence electrons. The second-order valence-electron chi connectivity index (χ2n) is 4.54. The predicted octanol–water partition coefficient (Wildman–Crippen LogP) is 1.05. The number of rotatable bonds is 5. The number of aromatic carboxylic acids is 1. The summed E-state index contributed by atoms with van der Waals surface area (Å²) in [7, 11) is 1.77. The van der Waals surface area contributed by atoms with Crippen LogP contribution in [0.2, 0.25) is 0 Å². The molecule has 0 spiro atoms. The number of carboxylic acids is 1. The first-order chi connectivity index (χ1) is 8.08. The van der Waals surface area contributed by atoms with E-state index in [1.165, 1.54) is 23.5 Å². The molecule has 0 radical (unpaired) electrons. The molecule has 5 heteroatoms. The number of nitrogens with zero attached hydrogens (tertiary/aromatic N) is 2. The van der Waals surface area contributed by atoms with Crippen LogP contribution in [-0.2, 0) is 11.3 Å². The van der Waals surface area contributed by atoms with Crippen LogP contribution in [0.1, 0.15) is 23.3 Å². The van der Waals surface area contributed by atoms with E-state index in [1.54, 1.807) is 24.2 Å². The lowest BCUT2D eigenvalue weighted by Gasteiger charge is -2.17. The molecule has 1 aromatic heterocycles. The molecule has 1 aliphatic rings. The van der Waals surface area contributed by atoms with E-state index in [9.17, 15) is 9.59 Å². The molecule has 0 aromatic carbocycles. The molecular formula is C12H16N2O3. The van der Waals surface area contributed by atoms with E-state index in [0.29, 0.717) is 5.92 Å². The van der Waals surface area contributed by atoms with Gasteiger partial charge in [-0.05, 0) is 30.9 Å². The van der Waals surface area contributed by atoms with Gasteiger partial charge >= 0.3 is 5.97 Å². The first-order valence-corrected chi connectivity index (χ1v) is 5.70. The fourth-order valence-electron chi connectivity index (χ4n) is 1.80. The van der Waals surface area contributed by atoms with Gasteiger partial charge in [0, 0.05) is 19.8 Å². The molecule has 0 bridgehead atoms. The lowest BCUT2D eigenvalue weighted by atomic mass is 10.3. The Labute approximate surface area is 99.6 Å². The van der Waals surface area contributed by atoms with Gasteiger partial charge in [-0.3, -0.25) is 4.79 Å². The Kier molecular flexibility index (Phi) is 3.17. The summed E-state index contributed by atoms with van der Waals surface area (Å²) in [6.45, 7) is 0.875. The molecule has 1 fully saturated rings. The highest BCUT2D eigenvalue weighted by Crippen LogP contribution is 2.29. The molecule has 0 unspecified atom stereocenters. The van der Waals surface area contributed by atoms with Gasteiger partial charge in [0.15, 0.2) is 0 Å². The minimum atomic E-state index is -1.01. The highest BCUT2D eigenvalue weighted by atomic mass is 16.4. The van der Waals surface area contributed by atoms with Crippen molar-refractivity contribution in [1.29, 1.82) is 0 Å². The van der Waals surface area contributed by atoms with Gasteiger partial charge in [0.25, 0.3) is 0 Å². The third-order valence-electron chi connectivity index (χ3n) is 3.01. The number of hydrogen-bond donors (Lipinski definition) is 1. The zero-order chi connectivity index (χ0) is 12.4.